The first-order chi connectivity index (χ1) is 5.80. The van der Waals surface area contributed by atoms with Crippen molar-refractivity contribution in [2.24, 2.45) is 0 Å². The third-order valence-electron chi connectivity index (χ3n) is 0.902. The van der Waals surface area contributed by atoms with Gasteiger partial charge < -0.3 is 65.8 Å². The SMILES string of the molecule is O.O.O.O.[Na+].[Na+].[Na+].[O-]OB1OB(O[O-])OB(O[O-])O1. The molecule has 1 rings (SSSR count). The van der Waals surface area contributed by atoms with E-state index >= 15 is 0 Å². The molecule has 0 atom stereocenters. The van der Waals surface area contributed by atoms with E-state index in [4.69, 9.17) is 0 Å². The fourth-order valence-electron chi connectivity index (χ4n) is 0.504. The molecule has 1 aliphatic heterocycles. The molecule has 19 heavy (non-hydrogen) atoms. The van der Waals surface area contributed by atoms with Crippen molar-refractivity contribution < 1.29 is 154 Å². The third-order valence-corrected chi connectivity index (χ3v) is 0.902. The summed E-state index contributed by atoms with van der Waals surface area (Å²) in [5, 5.41) is 29.1. The Kier molecular flexibility index (Phi) is 58.0. The monoisotopic (exact) mass is 318 g/mol. The van der Waals surface area contributed by atoms with E-state index in [0.29, 0.717) is 0 Å². The number of hydrogen-bond donors (Lipinski definition) is 0. The molecule has 98 valence electrons. The van der Waals surface area contributed by atoms with Crippen molar-refractivity contribution in [3.05, 3.63) is 0 Å². The number of rotatable bonds is 3. The summed E-state index contributed by atoms with van der Waals surface area (Å²) in [7, 11) is -5.34. The van der Waals surface area contributed by atoms with Crippen LogP contribution in [0.3, 0.4) is 0 Å². The van der Waals surface area contributed by atoms with Crippen molar-refractivity contribution >= 4 is 22.0 Å². The molecule has 1 saturated heterocycles. The average molecular weight is 317 g/mol. The molecular weight excluding hydrogens is 309 g/mol. The van der Waals surface area contributed by atoms with Crippen molar-refractivity contribution in [3.63, 3.8) is 0 Å². The van der Waals surface area contributed by atoms with Crippen LogP contribution in [0.25, 0.3) is 0 Å². The molecule has 0 bridgehead atoms. The largest absolute Gasteiger partial charge is 1.00 e. The van der Waals surface area contributed by atoms with Crippen LogP contribution in [0.15, 0.2) is 0 Å². The Balaban J connectivity index is -0.0000000411. The Hall–Kier alpha value is 2.67. The average Bonchev–Trinajstić information content (AvgIpc) is 2.16. The molecule has 0 aromatic carbocycles. The van der Waals surface area contributed by atoms with E-state index < -0.39 is 22.0 Å². The molecule has 0 aromatic heterocycles. The molecule has 1 heterocycles. The van der Waals surface area contributed by atoms with Crippen molar-refractivity contribution in [1.29, 1.82) is 0 Å². The first-order valence-electron chi connectivity index (χ1n) is 2.62. The second kappa shape index (κ2) is 25.6. The summed E-state index contributed by atoms with van der Waals surface area (Å²) in [6.07, 6.45) is 0. The fraction of sp³-hybridized carbons (Fsp3) is 0. The van der Waals surface area contributed by atoms with Gasteiger partial charge in [0.05, 0.1) is 0 Å². The Morgan fingerprint density at radius 3 is 0.789 bits per heavy atom. The molecule has 13 nitrogen and oxygen atoms in total. The van der Waals surface area contributed by atoms with Crippen molar-refractivity contribution in [2.45, 2.75) is 0 Å². The first kappa shape index (κ1) is 43.0. The Bertz CT molecular complexity index is 111. The fourth-order valence-corrected chi connectivity index (χ4v) is 0.504. The third kappa shape index (κ3) is 16.9. The van der Waals surface area contributed by atoms with E-state index in [0.717, 1.165) is 0 Å². The Morgan fingerprint density at radius 1 is 0.526 bits per heavy atom. The minimum absolute atomic E-state index is 0. The quantitative estimate of drug-likeness (QED) is 0.271. The van der Waals surface area contributed by atoms with Gasteiger partial charge in [-0.25, -0.2) is 0 Å². The van der Waals surface area contributed by atoms with Crippen LogP contribution in [-0.2, 0) is 28.1 Å². The van der Waals surface area contributed by atoms with E-state index in [1.807, 2.05) is 0 Å². The molecular formula is H8B3Na3O13. The van der Waals surface area contributed by atoms with Gasteiger partial charge in [-0.05, 0) is 0 Å². The summed E-state index contributed by atoms with van der Waals surface area (Å²) >= 11 is 0. The summed E-state index contributed by atoms with van der Waals surface area (Å²) < 4.78 is 12.6. The summed E-state index contributed by atoms with van der Waals surface area (Å²) in [5.74, 6) is 0. The Morgan fingerprint density at radius 2 is 0.684 bits per heavy atom. The van der Waals surface area contributed by atoms with Gasteiger partial charge in [0.25, 0.3) is 0 Å². The predicted molar refractivity (Wildman–Crippen MR) is 38.2 cm³/mol. The van der Waals surface area contributed by atoms with Crippen LogP contribution in [0.4, 0.5) is 0 Å². The van der Waals surface area contributed by atoms with Gasteiger partial charge in [0.1, 0.15) is 0 Å². The van der Waals surface area contributed by atoms with Gasteiger partial charge in [-0.3, -0.25) is 0 Å². The maximum atomic E-state index is 9.69. The summed E-state index contributed by atoms with van der Waals surface area (Å²) in [6.45, 7) is 0. The zero-order valence-electron chi connectivity index (χ0n) is 10.4. The van der Waals surface area contributed by atoms with E-state index in [9.17, 15) is 15.8 Å². The molecule has 0 aliphatic carbocycles. The molecule has 1 fully saturated rings. The van der Waals surface area contributed by atoms with Gasteiger partial charge in [-0.2, -0.15) is 0 Å². The standard InChI is InChI=1S/B3H3O9.3Na.4H2O/c4-10-1-7-2(11-5)9-3(8-1)12-6;;;;;;;/h4-6H;;;;4*1H2/q;3*+1;;;;/p-3. The van der Waals surface area contributed by atoms with Crippen LogP contribution in [0, 0.1) is 0 Å². The van der Waals surface area contributed by atoms with E-state index in [-0.39, 0.29) is 111 Å². The maximum absolute atomic E-state index is 9.69. The van der Waals surface area contributed by atoms with Crippen LogP contribution in [-0.4, -0.2) is 43.9 Å². The van der Waals surface area contributed by atoms with Gasteiger partial charge >= 0.3 is 111 Å². The van der Waals surface area contributed by atoms with Gasteiger partial charge in [0.15, 0.2) is 0 Å². The Labute approximate surface area is 174 Å². The first-order valence-corrected chi connectivity index (χ1v) is 2.62. The molecule has 0 spiro atoms. The van der Waals surface area contributed by atoms with E-state index in [1.54, 1.807) is 0 Å². The minimum atomic E-state index is -1.78. The van der Waals surface area contributed by atoms with Crippen molar-refractivity contribution in [1.82, 2.24) is 0 Å². The summed E-state index contributed by atoms with van der Waals surface area (Å²) in [5.41, 5.74) is 0. The molecule has 0 amide bonds. The van der Waals surface area contributed by atoms with Crippen LogP contribution < -0.4 is 104 Å². The van der Waals surface area contributed by atoms with Crippen LogP contribution >= 0.6 is 0 Å². The van der Waals surface area contributed by atoms with Crippen LogP contribution in [0.5, 0.6) is 0 Å². The molecule has 0 saturated carbocycles. The van der Waals surface area contributed by atoms with Gasteiger partial charge in [0.2, 0.25) is 0 Å². The zero-order chi connectivity index (χ0) is 8.97. The van der Waals surface area contributed by atoms with Gasteiger partial charge in [0, 0.05) is 0 Å². The van der Waals surface area contributed by atoms with E-state index in [1.165, 1.54) is 0 Å². The molecule has 0 radical (unpaired) electrons. The smallest absolute Gasteiger partial charge is 0.737 e. The number of hydrogen-bond acceptors (Lipinski definition) is 9. The normalized spacial score (nSPS) is 11.8. The molecule has 19 heteroatoms. The van der Waals surface area contributed by atoms with E-state index in [2.05, 4.69) is 28.1 Å². The summed E-state index contributed by atoms with van der Waals surface area (Å²) in [6, 6.07) is 0. The molecule has 1 aliphatic rings. The summed E-state index contributed by atoms with van der Waals surface area (Å²) in [4.78, 5) is 9.73. The van der Waals surface area contributed by atoms with Crippen LogP contribution in [0.2, 0.25) is 0 Å². The van der Waals surface area contributed by atoms with Crippen molar-refractivity contribution in [2.75, 3.05) is 0 Å². The van der Waals surface area contributed by atoms with Crippen LogP contribution in [0.1, 0.15) is 0 Å². The second-order valence-corrected chi connectivity index (χ2v) is 1.56. The molecule has 0 aromatic rings. The molecule has 8 N–H and O–H groups in total. The topological polar surface area (TPSA) is 251 Å². The zero-order valence-corrected chi connectivity index (χ0v) is 16.4. The predicted octanol–water partition coefficient (Wildman–Crippen LogP) is -17.4. The van der Waals surface area contributed by atoms with Crippen molar-refractivity contribution in [3.8, 4) is 0 Å². The molecule has 0 unspecified atom stereocenters. The minimum Gasteiger partial charge on any atom is -0.737 e. The second-order valence-electron chi connectivity index (χ2n) is 1.56. The van der Waals surface area contributed by atoms with Gasteiger partial charge in [-0.1, -0.05) is 0 Å². The maximum Gasteiger partial charge on any atom is 1.00 e. The van der Waals surface area contributed by atoms with Gasteiger partial charge in [-0.15, -0.1) is 0 Å².